The molecule has 11 heteroatoms. The number of likely N-dealkylation sites (N-methyl/N-ethyl adjacent to an activating group) is 1. The summed E-state index contributed by atoms with van der Waals surface area (Å²) in [7, 11) is 1.50. The van der Waals surface area contributed by atoms with E-state index >= 15 is 0 Å². The summed E-state index contributed by atoms with van der Waals surface area (Å²) >= 11 is 5.94. The molecule has 2 atom stereocenters. The van der Waals surface area contributed by atoms with E-state index in [1.165, 1.54) is 31.3 Å². The lowest BCUT2D eigenvalue weighted by Gasteiger charge is -2.22. The van der Waals surface area contributed by atoms with Gasteiger partial charge in [-0.15, -0.1) is 0 Å². The van der Waals surface area contributed by atoms with Gasteiger partial charge in [0.25, 0.3) is 0 Å². The van der Waals surface area contributed by atoms with Crippen LogP contribution in [-0.4, -0.2) is 31.1 Å². The first-order valence-corrected chi connectivity index (χ1v) is 11.2. The number of ether oxygens (including phenoxy) is 1. The molecule has 0 radical (unpaired) electrons. The van der Waals surface area contributed by atoms with Gasteiger partial charge in [-0.2, -0.15) is 22.0 Å². The largest absolute Gasteiger partial charge is 0.435 e. The highest BCUT2D eigenvalue weighted by Crippen LogP contribution is 2.33. The molecule has 1 amide bonds. The SMILES string of the molecule is CNC(=O)[C@H](NCC[C@H](c1ccc(C(F)(F)F)nc1)c1cccc(OC(F)F)c1)c1ccc(Cl)cc1. The second-order valence-electron chi connectivity index (χ2n) is 7.82. The van der Waals surface area contributed by atoms with Crippen molar-refractivity contribution in [2.75, 3.05) is 13.6 Å². The third-order valence-corrected chi connectivity index (χ3v) is 5.71. The van der Waals surface area contributed by atoms with Crippen LogP contribution in [0.1, 0.15) is 40.8 Å². The zero-order valence-electron chi connectivity index (χ0n) is 19.0. The summed E-state index contributed by atoms with van der Waals surface area (Å²) in [4.78, 5) is 16.0. The minimum Gasteiger partial charge on any atom is -0.435 e. The molecule has 1 aromatic heterocycles. The molecule has 2 N–H and O–H groups in total. The van der Waals surface area contributed by atoms with Crippen molar-refractivity contribution in [1.29, 1.82) is 0 Å². The first-order chi connectivity index (χ1) is 17.1. The van der Waals surface area contributed by atoms with Crippen LogP contribution in [0.5, 0.6) is 5.75 Å². The van der Waals surface area contributed by atoms with Crippen LogP contribution in [0.2, 0.25) is 5.02 Å². The molecule has 3 aromatic rings. The number of halogens is 6. The molecule has 2 aromatic carbocycles. The smallest absolute Gasteiger partial charge is 0.433 e. The van der Waals surface area contributed by atoms with Crippen molar-refractivity contribution in [1.82, 2.24) is 15.6 Å². The average molecular weight is 528 g/mol. The van der Waals surface area contributed by atoms with E-state index in [9.17, 15) is 26.7 Å². The number of carbonyl (C=O) groups excluding carboxylic acids is 1. The molecule has 0 saturated carbocycles. The third kappa shape index (κ3) is 7.38. The second kappa shape index (κ2) is 12.1. The summed E-state index contributed by atoms with van der Waals surface area (Å²) < 4.78 is 68.9. The quantitative estimate of drug-likeness (QED) is 0.320. The zero-order chi connectivity index (χ0) is 26.3. The van der Waals surface area contributed by atoms with Gasteiger partial charge in [0.05, 0.1) is 0 Å². The van der Waals surface area contributed by atoms with E-state index in [1.807, 2.05) is 0 Å². The second-order valence-corrected chi connectivity index (χ2v) is 8.26. The fourth-order valence-corrected chi connectivity index (χ4v) is 3.87. The highest BCUT2D eigenvalue weighted by atomic mass is 35.5. The third-order valence-electron chi connectivity index (χ3n) is 5.46. The molecule has 0 aliphatic heterocycles. The van der Waals surface area contributed by atoms with Gasteiger partial charge in [0, 0.05) is 24.2 Å². The molecule has 0 bridgehead atoms. The summed E-state index contributed by atoms with van der Waals surface area (Å²) in [6, 6.07) is 14.1. The number of benzene rings is 2. The van der Waals surface area contributed by atoms with Crippen LogP contribution >= 0.6 is 11.6 Å². The summed E-state index contributed by atoms with van der Waals surface area (Å²) in [5.74, 6) is -0.897. The topological polar surface area (TPSA) is 63.2 Å². The van der Waals surface area contributed by atoms with E-state index in [2.05, 4.69) is 20.4 Å². The standard InChI is InChI=1S/C25H23ClF5N3O2/c1-32-23(35)22(15-5-8-18(26)9-6-15)33-12-11-20(16-3-2-4-19(13-16)36-24(27)28)17-7-10-21(34-14-17)25(29,30)31/h2-10,13-14,20,22,24,33H,11-12H2,1H3,(H,32,35)/t20-,22+/m0/s1. The number of nitrogens with one attached hydrogen (secondary N) is 2. The fourth-order valence-electron chi connectivity index (χ4n) is 3.75. The van der Waals surface area contributed by atoms with Crippen LogP contribution in [0.3, 0.4) is 0 Å². The molecule has 0 unspecified atom stereocenters. The lowest BCUT2D eigenvalue weighted by atomic mass is 9.89. The molecule has 0 spiro atoms. The zero-order valence-corrected chi connectivity index (χ0v) is 19.8. The van der Waals surface area contributed by atoms with Gasteiger partial charge in [0.2, 0.25) is 5.91 Å². The Hall–Kier alpha value is -3.24. The Bertz CT molecular complexity index is 1140. The van der Waals surface area contributed by atoms with Gasteiger partial charge < -0.3 is 15.4 Å². The van der Waals surface area contributed by atoms with Crippen LogP contribution in [0, 0.1) is 0 Å². The van der Waals surface area contributed by atoms with Crippen molar-refractivity contribution in [2.45, 2.75) is 31.2 Å². The number of hydrogen-bond acceptors (Lipinski definition) is 4. The molecule has 36 heavy (non-hydrogen) atoms. The number of pyridine rings is 1. The number of nitrogens with zero attached hydrogens (tertiary/aromatic N) is 1. The average Bonchev–Trinajstić information content (AvgIpc) is 2.84. The van der Waals surface area contributed by atoms with Crippen LogP contribution < -0.4 is 15.4 Å². The Balaban J connectivity index is 1.86. The number of hydrogen-bond donors (Lipinski definition) is 2. The molecular formula is C25H23ClF5N3O2. The minimum absolute atomic E-state index is 0.0790. The number of rotatable bonds is 10. The number of amides is 1. The van der Waals surface area contributed by atoms with E-state index in [4.69, 9.17) is 11.6 Å². The lowest BCUT2D eigenvalue weighted by Crippen LogP contribution is -2.36. The Morgan fingerprint density at radius 2 is 1.72 bits per heavy atom. The number of carbonyl (C=O) groups is 1. The van der Waals surface area contributed by atoms with Crippen molar-refractivity contribution in [3.63, 3.8) is 0 Å². The van der Waals surface area contributed by atoms with Crippen molar-refractivity contribution in [2.24, 2.45) is 0 Å². The van der Waals surface area contributed by atoms with Gasteiger partial charge in [0.15, 0.2) is 0 Å². The Morgan fingerprint density at radius 3 is 2.31 bits per heavy atom. The first kappa shape index (κ1) is 27.3. The predicted molar refractivity (Wildman–Crippen MR) is 125 cm³/mol. The maximum atomic E-state index is 13.0. The Labute approximate surface area is 209 Å². The highest BCUT2D eigenvalue weighted by molar-refractivity contribution is 6.30. The summed E-state index contributed by atoms with van der Waals surface area (Å²) in [6.45, 7) is -2.77. The summed E-state index contributed by atoms with van der Waals surface area (Å²) in [6.07, 6.45) is -3.17. The van der Waals surface area contributed by atoms with Crippen molar-refractivity contribution >= 4 is 17.5 Å². The normalized spacial score (nSPS) is 13.3. The van der Waals surface area contributed by atoms with E-state index in [-0.39, 0.29) is 18.2 Å². The monoisotopic (exact) mass is 527 g/mol. The molecule has 0 fully saturated rings. The number of aromatic nitrogens is 1. The van der Waals surface area contributed by atoms with E-state index in [1.54, 1.807) is 30.3 Å². The molecular weight excluding hydrogens is 505 g/mol. The molecule has 5 nitrogen and oxygen atoms in total. The van der Waals surface area contributed by atoms with Gasteiger partial charge in [-0.3, -0.25) is 9.78 Å². The van der Waals surface area contributed by atoms with Crippen molar-refractivity contribution in [3.8, 4) is 5.75 Å². The van der Waals surface area contributed by atoms with Crippen molar-refractivity contribution < 1.29 is 31.5 Å². The van der Waals surface area contributed by atoms with Gasteiger partial charge in [0.1, 0.15) is 17.5 Å². The van der Waals surface area contributed by atoms with Gasteiger partial charge in [-0.1, -0.05) is 41.9 Å². The predicted octanol–water partition coefficient (Wildman–Crippen LogP) is 5.95. The Morgan fingerprint density at radius 1 is 1.03 bits per heavy atom. The van der Waals surface area contributed by atoms with E-state index in [0.29, 0.717) is 28.1 Å². The summed E-state index contributed by atoms with van der Waals surface area (Å²) in [5, 5.41) is 6.25. The van der Waals surface area contributed by atoms with Gasteiger partial charge in [-0.05, 0) is 60.0 Å². The maximum Gasteiger partial charge on any atom is 0.433 e. The first-order valence-electron chi connectivity index (χ1n) is 10.9. The Kier molecular flexibility index (Phi) is 9.22. The highest BCUT2D eigenvalue weighted by Gasteiger charge is 2.32. The van der Waals surface area contributed by atoms with Crippen molar-refractivity contribution in [3.05, 3.63) is 94.3 Å². The maximum absolute atomic E-state index is 13.0. The molecule has 192 valence electrons. The van der Waals surface area contributed by atoms with Crippen LogP contribution in [-0.2, 0) is 11.0 Å². The van der Waals surface area contributed by atoms with Crippen LogP contribution in [0.15, 0.2) is 66.9 Å². The van der Waals surface area contributed by atoms with E-state index in [0.717, 1.165) is 12.3 Å². The van der Waals surface area contributed by atoms with Crippen LogP contribution in [0.4, 0.5) is 22.0 Å². The minimum atomic E-state index is -4.60. The van der Waals surface area contributed by atoms with E-state index < -0.39 is 30.4 Å². The van der Waals surface area contributed by atoms with Gasteiger partial charge >= 0.3 is 12.8 Å². The molecule has 1 heterocycles. The lowest BCUT2D eigenvalue weighted by molar-refractivity contribution is -0.141. The van der Waals surface area contributed by atoms with Crippen LogP contribution in [0.25, 0.3) is 0 Å². The fraction of sp³-hybridized carbons (Fsp3) is 0.280. The number of alkyl halides is 5. The van der Waals surface area contributed by atoms with Gasteiger partial charge in [-0.25, -0.2) is 0 Å². The molecule has 0 saturated heterocycles. The summed E-state index contributed by atoms with van der Waals surface area (Å²) in [5.41, 5.74) is 0.612. The molecule has 0 aliphatic rings. The molecule has 0 aliphatic carbocycles. The molecule has 3 rings (SSSR count).